The van der Waals surface area contributed by atoms with Gasteiger partial charge in [-0.05, 0) is 22.9 Å². The summed E-state index contributed by atoms with van der Waals surface area (Å²) in [6.45, 7) is 0.145. The third-order valence-corrected chi connectivity index (χ3v) is 2.49. The van der Waals surface area contributed by atoms with Crippen molar-refractivity contribution >= 4 is 10.8 Å². The zero-order valence-corrected chi connectivity index (χ0v) is 9.34. The van der Waals surface area contributed by atoms with Crippen LogP contribution in [0.2, 0.25) is 0 Å². The predicted molar refractivity (Wildman–Crippen MR) is 65.7 cm³/mol. The van der Waals surface area contributed by atoms with Gasteiger partial charge in [0.2, 0.25) is 0 Å². The molecule has 0 spiro atoms. The highest BCUT2D eigenvalue weighted by Gasteiger charge is 2.04. The summed E-state index contributed by atoms with van der Waals surface area (Å²) in [6, 6.07) is 15.7. The first-order valence-electron chi connectivity index (χ1n) is 5.46. The molecule has 3 heteroatoms. The number of nitrogens with zero attached hydrogens (tertiary/aromatic N) is 1. The lowest BCUT2D eigenvalue weighted by molar-refractivity contribution is 0.111. The van der Waals surface area contributed by atoms with E-state index in [2.05, 4.69) is 0 Å². The largest absolute Gasteiger partial charge is 0.491 e. The summed E-state index contributed by atoms with van der Waals surface area (Å²) in [5, 5.41) is 20.0. The van der Waals surface area contributed by atoms with E-state index in [1.54, 1.807) is 0 Å². The topological polar surface area (TPSA) is 53.2 Å². The Labute approximate surface area is 99.9 Å². The number of hydrogen-bond donors (Lipinski definition) is 1. The van der Waals surface area contributed by atoms with E-state index in [-0.39, 0.29) is 13.0 Å². The van der Waals surface area contributed by atoms with Gasteiger partial charge in [0.25, 0.3) is 0 Å². The van der Waals surface area contributed by atoms with Gasteiger partial charge >= 0.3 is 0 Å². The van der Waals surface area contributed by atoms with Crippen molar-refractivity contribution in [3.05, 3.63) is 42.5 Å². The molecule has 1 unspecified atom stereocenters. The Hall–Kier alpha value is -2.05. The lowest BCUT2D eigenvalue weighted by Gasteiger charge is -2.10. The zero-order chi connectivity index (χ0) is 12.1. The molecule has 1 N–H and O–H groups in total. The van der Waals surface area contributed by atoms with E-state index in [1.807, 2.05) is 48.5 Å². The number of fused-ring (bicyclic) bond motifs is 1. The second kappa shape index (κ2) is 5.33. The van der Waals surface area contributed by atoms with Crippen LogP contribution >= 0.6 is 0 Å². The Morgan fingerprint density at radius 2 is 1.94 bits per heavy atom. The van der Waals surface area contributed by atoms with Crippen molar-refractivity contribution in [1.82, 2.24) is 0 Å². The molecule has 2 aromatic rings. The summed E-state index contributed by atoms with van der Waals surface area (Å²) in [4.78, 5) is 0. The van der Waals surface area contributed by atoms with Crippen molar-refractivity contribution in [1.29, 1.82) is 5.26 Å². The van der Waals surface area contributed by atoms with Crippen molar-refractivity contribution in [2.75, 3.05) is 6.61 Å². The van der Waals surface area contributed by atoms with Crippen LogP contribution < -0.4 is 4.74 Å². The van der Waals surface area contributed by atoms with Gasteiger partial charge in [-0.2, -0.15) is 5.26 Å². The Kier molecular flexibility index (Phi) is 3.59. The fraction of sp³-hybridized carbons (Fsp3) is 0.214. The van der Waals surface area contributed by atoms with Gasteiger partial charge in [0.05, 0.1) is 12.5 Å². The molecule has 1 atom stereocenters. The first-order valence-corrected chi connectivity index (χ1v) is 5.46. The zero-order valence-electron chi connectivity index (χ0n) is 9.34. The van der Waals surface area contributed by atoms with Gasteiger partial charge in [-0.1, -0.05) is 30.3 Å². The molecule has 0 aliphatic rings. The first-order chi connectivity index (χ1) is 8.29. The van der Waals surface area contributed by atoms with Gasteiger partial charge in [-0.3, -0.25) is 0 Å². The van der Waals surface area contributed by atoms with E-state index in [4.69, 9.17) is 10.00 Å². The maximum atomic E-state index is 9.38. The third kappa shape index (κ3) is 2.96. The van der Waals surface area contributed by atoms with Crippen LogP contribution in [-0.2, 0) is 0 Å². The van der Waals surface area contributed by atoms with Crippen molar-refractivity contribution in [2.45, 2.75) is 12.5 Å². The lowest BCUT2D eigenvalue weighted by Crippen LogP contribution is -2.16. The molecule has 0 aromatic heterocycles. The van der Waals surface area contributed by atoms with Crippen LogP contribution in [0.5, 0.6) is 5.75 Å². The highest BCUT2D eigenvalue weighted by atomic mass is 16.5. The van der Waals surface area contributed by atoms with Crippen LogP contribution in [0.4, 0.5) is 0 Å². The fourth-order valence-corrected chi connectivity index (χ4v) is 1.61. The van der Waals surface area contributed by atoms with Crippen LogP contribution in [-0.4, -0.2) is 17.8 Å². The second-order valence-electron chi connectivity index (χ2n) is 3.84. The summed E-state index contributed by atoms with van der Waals surface area (Å²) < 4.78 is 5.43. The number of rotatable bonds is 4. The molecule has 3 nitrogen and oxygen atoms in total. The van der Waals surface area contributed by atoms with Crippen molar-refractivity contribution in [3.63, 3.8) is 0 Å². The standard InChI is InChI=1S/C14H13NO2/c15-8-7-13(16)10-17-14-6-5-11-3-1-2-4-12(11)9-14/h1-6,9,13,16H,7,10H2. The molecule has 0 fully saturated rings. The van der Waals surface area contributed by atoms with Crippen LogP contribution in [0.15, 0.2) is 42.5 Å². The summed E-state index contributed by atoms with van der Waals surface area (Å²) >= 11 is 0. The maximum Gasteiger partial charge on any atom is 0.120 e. The Bertz CT molecular complexity index is 545. The van der Waals surface area contributed by atoms with Gasteiger partial charge in [0.15, 0.2) is 0 Å². The summed E-state index contributed by atoms with van der Waals surface area (Å²) in [6.07, 6.45) is -0.639. The fourth-order valence-electron chi connectivity index (χ4n) is 1.61. The molecule has 2 rings (SSSR count). The highest BCUT2D eigenvalue weighted by Crippen LogP contribution is 2.20. The molecule has 2 aromatic carbocycles. The normalized spacial score (nSPS) is 12.0. The maximum absolute atomic E-state index is 9.38. The van der Waals surface area contributed by atoms with Crippen LogP contribution in [0, 0.1) is 11.3 Å². The molecular weight excluding hydrogens is 214 g/mol. The molecule has 0 radical (unpaired) electrons. The third-order valence-electron chi connectivity index (χ3n) is 2.49. The predicted octanol–water partition coefficient (Wildman–Crippen LogP) is 2.49. The molecule has 86 valence electrons. The molecule has 0 aliphatic carbocycles. The second-order valence-corrected chi connectivity index (χ2v) is 3.84. The summed E-state index contributed by atoms with van der Waals surface area (Å²) in [5.41, 5.74) is 0. The minimum absolute atomic E-state index is 0.0909. The van der Waals surface area contributed by atoms with Gasteiger partial charge in [0.1, 0.15) is 18.5 Å². The number of aliphatic hydroxyl groups is 1. The summed E-state index contributed by atoms with van der Waals surface area (Å²) in [5.74, 6) is 0.709. The molecule has 0 bridgehead atoms. The summed E-state index contributed by atoms with van der Waals surface area (Å²) in [7, 11) is 0. The van der Waals surface area contributed by atoms with Crippen LogP contribution in [0.1, 0.15) is 6.42 Å². The highest BCUT2D eigenvalue weighted by molar-refractivity contribution is 5.83. The number of benzene rings is 2. The Morgan fingerprint density at radius 3 is 2.71 bits per heavy atom. The molecule has 0 saturated carbocycles. The van der Waals surface area contributed by atoms with E-state index >= 15 is 0 Å². The smallest absolute Gasteiger partial charge is 0.120 e. The quantitative estimate of drug-likeness (QED) is 0.873. The number of ether oxygens (including phenoxy) is 1. The minimum Gasteiger partial charge on any atom is -0.491 e. The molecule has 0 aliphatic heterocycles. The van der Waals surface area contributed by atoms with Gasteiger partial charge in [0, 0.05) is 0 Å². The average Bonchev–Trinajstić information content (AvgIpc) is 2.36. The van der Waals surface area contributed by atoms with Gasteiger partial charge in [-0.25, -0.2) is 0 Å². The molecule has 17 heavy (non-hydrogen) atoms. The first kappa shape index (κ1) is 11.4. The number of nitriles is 1. The average molecular weight is 227 g/mol. The van der Waals surface area contributed by atoms with E-state index in [0.717, 1.165) is 10.8 Å². The van der Waals surface area contributed by atoms with E-state index in [0.29, 0.717) is 5.75 Å². The SMILES string of the molecule is N#CCC(O)COc1ccc2ccccc2c1. The van der Waals surface area contributed by atoms with E-state index in [1.165, 1.54) is 0 Å². The van der Waals surface area contributed by atoms with Crippen molar-refractivity contribution in [2.24, 2.45) is 0 Å². The monoisotopic (exact) mass is 227 g/mol. The Balaban J connectivity index is 2.07. The molecule has 0 amide bonds. The molecule has 0 heterocycles. The van der Waals surface area contributed by atoms with E-state index < -0.39 is 6.10 Å². The van der Waals surface area contributed by atoms with Gasteiger partial charge in [-0.15, -0.1) is 0 Å². The van der Waals surface area contributed by atoms with Gasteiger partial charge < -0.3 is 9.84 Å². The lowest BCUT2D eigenvalue weighted by atomic mass is 10.1. The number of hydrogen-bond acceptors (Lipinski definition) is 3. The Morgan fingerprint density at radius 1 is 1.18 bits per heavy atom. The molecule has 0 saturated heterocycles. The van der Waals surface area contributed by atoms with E-state index in [9.17, 15) is 5.11 Å². The minimum atomic E-state index is -0.730. The van der Waals surface area contributed by atoms with Crippen LogP contribution in [0.3, 0.4) is 0 Å². The number of aliphatic hydroxyl groups excluding tert-OH is 1. The van der Waals surface area contributed by atoms with Crippen molar-refractivity contribution < 1.29 is 9.84 Å². The van der Waals surface area contributed by atoms with Crippen molar-refractivity contribution in [3.8, 4) is 11.8 Å². The van der Waals surface area contributed by atoms with Crippen LogP contribution in [0.25, 0.3) is 10.8 Å². The molecular formula is C14H13NO2.